The number of phenols is 1. The van der Waals surface area contributed by atoms with Crippen LogP contribution in [0.5, 0.6) is 5.75 Å². The lowest BCUT2D eigenvalue weighted by molar-refractivity contribution is -0.153. The van der Waals surface area contributed by atoms with Crippen molar-refractivity contribution in [3.05, 3.63) is 112 Å². The van der Waals surface area contributed by atoms with Crippen LogP contribution in [0.3, 0.4) is 0 Å². The van der Waals surface area contributed by atoms with Crippen molar-refractivity contribution in [3.63, 3.8) is 0 Å². The van der Waals surface area contributed by atoms with E-state index in [1.807, 2.05) is 72.8 Å². The van der Waals surface area contributed by atoms with Crippen molar-refractivity contribution in [1.29, 1.82) is 0 Å². The Balaban J connectivity index is 1.32. The molecule has 3 heterocycles. The molecule has 0 spiro atoms. The van der Waals surface area contributed by atoms with Gasteiger partial charge in [-0.15, -0.1) is 16.9 Å². The van der Waals surface area contributed by atoms with Crippen LogP contribution in [0.15, 0.2) is 94.2 Å². The Bertz CT molecular complexity index is 1870. The first kappa shape index (κ1) is 35.4. The second-order valence-electron chi connectivity index (χ2n) is 14.5. The molecule has 2 unspecified atom stereocenters. The highest BCUT2D eigenvalue weighted by Crippen LogP contribution is 2.44. The van der Waals surface area contributed by atoms with Gasteiger partial charge in [0.25, 0.3) is 5.91 Å². The highest BCUT2D eigenvalue weighted by atomic mass is 32.2. The standard InChI is InChI=1S/C38H42N6O4S2/c1-37(2,3)27-18-23(19-28(31(27)45)38(4,5)6)20-39-29-33(46)44-30(26(21-49-34(29)44)22-50-36-40-41-42-43(36)7)35(47)48-32(24-14-10-8-11-15-24)25-16-12-9-13-17-25/h8-20,29,32,34,45H,21-22H2,1-7H3. The van der Waals surface area contributed by atoms with Gasteiger partial charge in [-0.1, -0.05) is 114 Å². The fraction of sp³-hybridized carbons (Fsp3) is 0.368. The summed E-state index contributed by atoms with van der Waals surface area (Å²) in [5.41, 5.74) is 4.51. The number of amides is 1. The van der Waals surface area contributed by atoms with Crippen LogP contribution >= 0.6 is 23.5 Å². The summed E-state index contributed by atoms with van der Waals surface area (Å²) in [5, 5.41) is 23.1. The number of aliphatic imine (C=N–C) groups is 1. The zero-order chi connectivity index (χ0) is 35.8. The zero-order valence-corrected chi connectivity index (χ0v) is 31.0. The molecule has 3 aromatic carbocycles. The maximum absolute atomic E-state index is 14.3. The molecule has 6 rings (SSSR count). The van der Waals surface area contributed by atoms with Crippen molar-refractivity contribution in [2.24, 2.45) is 12.0 Å². The van der Waals surface area contributed by atoms with Gasteiger partial charge >= 0.3 is 5.97 Å². The summed E-state index contributed by atoms with van der Waals surface area (Å²) in [6.07, 6.45) is 1.05. The minimum Gasteiger partial charge on any atom is -0.507 e. The van der Waals surface area contributed by atoms with Gasteiger partial charge in [0, 0.05) is 35.9 Å². The molecule has 1 saturated heterocycles. The number of ether oxygens (including phenoxy) is 1. The number of nitrogens with zero attached hydrogens (tertiary/aromatic N) is 6. The molecule has 4 aromatic rings. The molecule has 1 aromatic heterocycles. The second-order valence-corrected chi connectivity index (χ2v) is 16.6. The summed E-state index contributed by atoms with van der Waals surface area (Å²) >= 11 is 2.97. The van der Waals surface area contributed by atoms with Gasteiger partial charge in [-0.25, -0.2) is 9.48 Å². The number of aryl methyl sites for hydroxylation is 1. The number of carbonyl (C=O) groups excluding carboxylic acids is 2. The summed E-state index contributed by atoms with van der Waals surface area (Å²) in [4.78, 5) is 34.6. The van der Waals surface area contributed by atoms with Crippen molar-refractivity contribution < 1.29 is 19.4 Å². The quantitative estimate of drug-likeness (QED) is 0.0887. The third kappa shape index (κ3) is 7.22. The van der Waals surface area contributed by atoms with Crippen LogP contribution in [0.4, 0.5) is 0 Å². The molecule has 1 N–H and O–H groups in total. The third-order valence-electron chi connectivity index (χ3n) is 8.73. The smallest absolute Gasteiger partial charge is 0.356 e. The minimum absolute atomic E-state index is 0.249. The van der Waals surface area contributed by atoms with Gasteiger partial charge < -0.3 is 9.84 Å². The highest BCUT2D eigenvalue weighted by molar-refractivity contribution is 8.01. The van der Waals surface area contributed by atoms with Crippen molar-refractivity contribution in [3.8, 4) is 5.75 Å². The molecule has 1 fully saturated rings. The summed E-state index contributed by atoms with van der Waals surface area (Å²) in [6, 6.07) is 22.4. The van der Waals surface area contributed by atoms with Gasteiger partial charge in [0.15, 0.2) is 12.1 Å². The molecule has 0 aliphatic carbocycles. The highest BCUT2D eigenvalue weighted by Gasteiger charge is 2.54. The molecule has 12 heteroatoms. The van der Waals surface area contributed by atoms with Crippen LogP contribution in [0.25, 0.3) is 0 Å². The van der Waals surface area contributed by atoms with E-state index in [1.54, 1.807) is 34.6 Å². The average molecular weight is 711 g/mol. The SMILES string of the molecule is Cn1nnnc1SCC1=C(C(=O)OC(c2ccccc2)c2ccccc2)N2C(=O)C(N=Cc3cc(C(C)(C)C)c(O)c(C(C)(C)C)c3)C2SC1. The largest absolute Gasteiger partial charge is 0.507 e. The molecule has 0 bridgehead atoms. The summed E-state index contributed by atoms with van der Waals surface area (Å²) in [6.45, 7) is 12.4. The van der Waals surface area contributed by atoms with Crippen molar-refractivity contribution in [2.45, 2.75) is 75.0 Å². The van der Waals surface area contributed by atoms with Crippen LogP contribution in [0.2, 0.25) is 0 Å². The average Bonchev–Trinajstić information content (AvgIpc) is 3.50. The minimum atomic E-state index is -0.677. The normalized spacial score (nSPS) is 18.1. The number of benzene rings is 3. The number of aromatic nitrogens is 4. The third-order valence-corrected chi connectivity index (χ3v) is 11.2. The molecule has 2 atom stereocenters. The van der Waals surface area contributed by atoms with Crippen LogP contribution in [0, 0.1) is 0 Å². The van der Waals surface area contributed by atoms with E-state index in [4.69, 9.17) is 9.73 Å². The number of hydrogen-bond acceptors (Lipinski definition) is 10. The molecule has 10 nitrogen and oxygen atoms in total. The number of aromatic hydroxyl groups is 1. The second kappa shape index (κ2) is 14.1. The Kier molecular flexibility index (Phi) is 9.96. The Morgan fingerprint density at radius 2 is 1.60 bits per heavy atom. The molecular formula is C38H42N6O4S2. The molecule has 0 radical (unpaired) electrons. The van der Waals surface area contributed by atoms with Crippen LogP contribution < -0.4 is 0 Å². The predicted octanol–water partition coefficient (Wildman–Crippen LogP) is 6.59. The van der Waals surface area contributed by atoms with Gasteiger partial charge in [-0.05, 0) is 55.7 Å². The summed E-state index contributed by atoms with van der Waals surface area (Å²) < 4.78 is 7.87. The Morgan fingerprint density at radius 1 is 1.02 bits per heavy atom. The van der Waals surface area contributed by atoms with Crippen LogP contribution in [0.1, 0.15) is 75.5 Å². The molecule has 1 amide bonds. The maximum atomic E-state index is 14.3. The zero-order valence-electron chi connectivity index (χ0n) is 29.3. The molecule has 0 saturated carbocycles. The number of β-lactam (4-membered cyclic amide) rings is 1. The fourth-order valence-electron chi connectivity index (χ4n) is 6.05. The first-order valence-corrected chi connectivity index (χ1v) is 18.5. The number of thioether (sulfide) groups is 2. The maximum Gasteiger partial charge on any atom is 0.356 e. The summed E-state index contributed by atoms with van der Waals surface area (Å²) in [5.74, 6) is 0.354. The summed E-state index contributed by atoms with van der Waals surface area (Å²) in [7, 11) is 1.76. The molecule has 2 aliphatic rings. The van der Waals surface area contributed by atoms with E-state index in [1.165, 1.54) is 11.8 Å². The number of phenolic OH excluding ortho intramolecular Hbond substituents is 1. The lowest BCUT2D eigenvalue weighted by atomic mass is 9.78. The van der Waals surface area contributed by atoms with Crippen molar-refractivity contribution in [2.75, 3.05) is 11.5 Å². The monoisotopic (exact) mass is 710 g/mol. The van der Waals surface area contributed by atoms with E-state index in [0.717, 1.165) is 33.4 Å². The van der Waals surface area contributed by atoms with E-state index in [0.29, 0.717) is 16.7 Å². The van der Waals surface area contributed by atoms with E-state index in [-0.39, 0.29) is 33.6 Å². The van der Waals surface area contributed by atoms with Gasteiger partial charge in [-0.3, -0.25) is 14.7 Å². The van der Waals surface area contributed by atoms with Gasteiger partial charge in [0.1, 0.15) is 16.8 Å². The van der Waals surface area contributed by atoms with Crippen LogP contribution in [-0.4, -0.2) is 71.2 Å². The predicted molar refractivity (Wildman–Crippen MR) is 197 cm³/mol. The van der Waals surface area contributed by atoms with Gasteiger partial charge in [-0.2, -0.15) is 0 Å². The number of carbonyl (C=O) groups is 2. The number of hydrogen-bond donors (Lipinski definition) is 1. The molecule has 50 heavy (non-hydrogen) atoms. The van der Waals surface area contributed by atoms with Crippen molar-refractivity contribution >= 4 is 41.6 Å². The lowest BCUT2D eigenvalue weighted by Crippen LogP contribution is -2.64. The fourth-order valence-corrected chi connectivity index (χ4v) is 8.38. The van der Waals surface area contributed by atoms with Gasteiger partial charge in [0.05, 0.1) is 0 Å². The molecular weight excluding hydrogens is 669 g/mol. The number of tetrazole rings is 1. The number of esters is 1. The van der Waals surface area contributed by atoms with Crippen molar-refractivity contribution in [1.82, 2.24) is 25.1 Å². The number of rotatable bonds is 9. The first-order valence-electron chi connectivity index (χ1n) is 16.5. The van der Waals surface area contributed by atoms with Crippen LogP contribution in [-0.2, 0) is 32.2 Å². The van der Waals surface area contributed by atoms with E-state index < -0.39 is 18.1 Å². The first-order chi connectivity index (χ1) is 23.7. The van der Waals surface area contributed by atoms with E-state index in [9.17, 15) is 14.7 Å². The Morgan fingerprint density at radius 3 is 2.12 bits per heavy atom. The number of fused-ring (bicyclic) bond motifs is 1. The lowest BCUT2D eigenvalue weighted by Gasteiger charge is -2.48. The van der Waals surface area contributed by atoms with Gasteiger partial charge in [0.2, 0.25) is 5.16 Å². The van der Waals surface area contributed by atoms with E-state index in [2.05, 4.69) is 57.1 Å². The molecule has 2 aliphatic heterocycles. The Hall–Kier alpha value is -4.42. The molecule has 260 valence electrons. The Labute approximate surface area is 301 Å². The van der Waals surface area contributed by atoms with E-state index >= 15 is 0 Å². The topological polar surface area (TPSA) is 123 Å².